The van der Waals surface area contributed by atoms with E-state index in [9.17, 15) is 37.4 Å². The molecule has 8 aliphatic rings. The number of fused-ring (bicyclic) bond motifs is 8. The van der Waals surface area contributed by atoms with E-state index in [1.54, 1.807) is 101 Å². The zero-order valence-corrected chi connectivity index (χ0v) is 84.3. The number of alkyl halides is 4. The fourth-order valence-electron chi connectivity index (χ4n) is 15.5. The Balaban J connectivity index is 0.000000153. The predicted molar refractivity (Wildman–Crippen MR) is 485 cm³/mol. The van der Waals surface area contributed by atoms with E-state index in [4.69, 9.17) is 162 Å². The van der Waals surface area contributed by atoms with Gasteiger partial charge >= 0.3 is 54.9 Å². The first kappa shape index (κ1) is 105. The number of carbonyl (C=O) groups excluding carboxylic acids is 4. The number of nitrogens with zero attached hydrogens (tertiary/aromatic N) is 16. The monoisotopic (exact) mass is 2070 g/mol. The second-order valence-corrected chi connectivity index (χ2v) is 44.1. The summed E-state index contributed by atoms with van der Waals surface area (Å²) in [4.78, 5) is 94.5. The molecule has 0 amide bonds. The van der Waals surface area contributed by atoms with E-state index in [0.29, 0.717) is 71.1 Å². The first-order chi connectivity index (χ1) is 63.8. The molecule has 1 unspecified atom stereocenters. The number of hydrogen-bond donors (Lipinski definition) is 8. The number of nitrogens with two attached hydrogens (primary N) is 4. The maximum absolute atomic E-state index is 13.3. The maximum Gasteiger partial charge on any atom is 0.406 e. The number of aromatic nitrogens is 16. The molecule has 8 aromatic heterocycles. The first-order valence-corrected chi connectivity index (χ1v) is 51.0. The van der Waals surface area contributed by atoms with Crippen molar-refractivity contribution in [3.63, 3.8) is 0 Å². The lowest BCUT2D eigenvalue weighted by molar-refractivity contribution is -0.150. The Morgan fingerprint density at radius 1 is 0.360 bits per heavy atom. The van der Waals surface area contributed by atoms with Crippen LogP contribution in [0, 0.1) is 0 Å². The third-order valence-electron chi connectivity index (χ3n) is 21.4. The van der Waals surface area contributed by atoms with Crippen LogP contribution in [0.5, 0.6) is 23.5 Å². The molecule has 0 bridgehead atoms. The second kappa shape index (κ2) is 41.6. The smallest absolute Gasteiger partial charge is 0.406 e. The topological polar surface area (TPSA) is 648 Å². The number of rotatable bonds is 28. The van der Waals surface area contributed by atoms with Gasteiger partial charge in [0.05, 0.1) is 103 Å². The second-order valence-electron chi connectivity index (χ2n) is 33.9. The fraction of sp³-hybridized carbons (Fsp3) is 0.684. The molecule has 60 heteroatoms. The predicted octanol–water partition coefficient (Wildman–Crippen LogP) is 8.62. The molecule has 0 radical (unpaired) electrons. The fourth-order valence-corrected chi connectivity index (χ4v) is 24.2. The maximum atomic E-state index is 13.3. The summed E-state index contributed by atoms with van der Waals surface area (Å²) in [6.45, 7) is 35.0. The van der Waals surface area contributed by atoms with Crippen LogP contribution in [0.4, 0.5) is 23.8 Å². The van der Waals surface area contributed by atoms with Crippen LogP contribution in [0.25, 0.3) is 44.7 Å². The molecule has 136 heavy (non-hydrogen) atoms. The van der Waals surface area contributed by atoms with Gasteiger partial charge in [-0.05, 0) is 138 Å². The SMILES string of the molecule is CCOc1nc(N)nc2c1ncn2[C@@H]1O[C@@H]2COP(=O)(N[C@@H](C)C(=O)OC(C)C)O[C@H]2[C@@]1(C)Cl.CCOc1nc(N)nc2c1ncn2[C@@H]1O[C@@H]2CO[P@@](=O)(N[C@H](C)C(=O)OC(C)C)O[C@H]2[C@@]1(C)Cl.CCOc1nc(N)nc2c1ncn2[C@@H]1O[C@@H]2CO[P@](=O)(N[C@@H](C)C(=O)OC(C)C)O[C@H]2[C@@]1(C)Cl.CCOc1nc(N)nc2c1ncn2[C@@H]1O[C@@H]2CO[P@](=O)(N[C@H](C)C(=O)OC(C)C)O[C@H]2[C@@]1(C)Cl. The van der Waals surface area contributed by atoms with Crippen molar-refractivity contribution in [3.05, 3.63) is 25.3 Å². The minimum atomic E-state index is -3.90. The molecule has 16 heterocycles. The molecular weight excluding hydrogens is 1960 g/mol. The van der Waals surface area contributed by atoms with Crippen molar-refractivity contribution in [3.8, 4) is 23.5 Å². The van der Waals surface area contributed by atoms with Crippen molar-refractivity contribution in [1.29, 1.82) is 0 Å². The van der Waals surface area contributed by atoms with Gasteiger partial charge in [0.1, 0.15) is 92.5 Å². The quantitative estimate of drug-likeness (QED) is 0.00983. The number of nitrogens with one attached hydrogen (secondary N) is 4. The van der Waals surface area contributed by atoms with Gasteiger partial charge in [0.15, 0.2) is 69.6 Å². The Hall–Kier alpha value is -8.08. The minimum absolute atomic E-state index is 0.0000513. The molecule has 24 atom stereocenters. The normalized spacial score (nSPS) is 32.0. The number of halogens is 4. The summed E-state index contributed by atoms with van der Waals surface area (Å²) < 4.78 is 172. The number of carbonyl (C=O) groups is 4. The number of hydrogen-bond acceptors (Lipinski definition) is 44. The molecule has 752 valence electrons. The average Bonchev–Trinajstić information content (AvgIpc) is 1.59. The highest BCUT2D eigenvalue weighted by molar-refractivity contribution is 7.52. The molecule has 8 aliphatic heterocycles. The molecule has 52 nitrogen and oxygen atoms in total. The largest absolute Gasteiger partial charge is 0.476 e. The van der Waals surface area contributed by atoms with Crippen LogP contribution < -0.4 is 62.2 Å². The van der Waals surface area contributed by atoms with E-state index in [2.05, 4.69) is 80.2 Å². The minimum Gasteiger partial charge on any atom is -0.476 e. The van der Waals surface area contributed by atoms with Crippen LogP contribution in [-0.2, 0) is 112 Å². The van der Waals surface area contributed by atoms with Gasteiger partial charge in [0.25, 0.3) is 0 Å². The van der Waals surface area contributed by atoms with E-state index in [-0.39, 0.29) is 98.2 Å². The van der Waals surface area contributed by atoms with E-state index in [1.165, 1.54) is 53.0 Å². The Kier molecular flexibility index (Phi) is 32.2. The Morgan fingerprint density at radius 2 is 0.544 bits per heavy atom. The van der Waals surface area contributed by atoms with Crippen LogP contribution >= 0.6 is 77.4 Å². The van der Waals surface area contributed by atoms with Crippen LogP contribution in [0.15, 0.2) is 25.3 Å². The highest BCUT2D eigenvalue weighted by Crippen LogP contribution is 2.63. The number of esters is 4. The molecule has 0 spiro atoms. The lowest BCUT2D eigenvalue weighted by atomic mass is 10.0. The van der Waals surface area contributed by atoms with Crippen molar-refractivity contribution in [2.24, 2.45) is 0 Å². The third-order valence-corrected chi connectivity index (χ3v) is 29.8. The van der Waals surface area contributed by atoms with Gasteiger partial charge in [0.2, 0.25) is 47.3 Å². The van der Waals surface area contributed by atoms with E-state index >= 15 is 0 Å². The van der Waals surface area contributed by atoms with Crippen LogP contribution in [0.1, 0.15) is 163 Å². The molecule has 8 saturated heterocycles. The molecule has 8 fully saturated rings. The zero-order valence-electron chi connectivity index (χ0n) is 77.7. The number of nitrogen functional groups attached to an aromatic ring is 4. The lowest BCUT2D eigenvalue weighted by Crippen LogP contribution is -2.47. The van der Waals surface area contributed by atoms with Crippen molar-refractivity contribution >= 4 is 170 Å². The molecule has 0 saturated carbocycles. The van der Waals surface area contributed by atoms with Gasteiger partial charge in [-0.3, -0.25) is 73.6 Å². The Bertz CT molecular complexity index is 5210. The summed E-state index contributed by atoms with van der Waals surface area (Å²) in [6, 6.07) is -3.73. The van der Waals surface area contributed by atoms with Crippen LogP contribution in [-0.4, -0.2) is 272 Å². The third kappa shape index (κ3) is 22.4. The van der Waals surface area contributed by atoms with Gasteiger partial charge in [-0.15, -0.1) is 46.4 Å². The summed E-state index contributed by atoms with van der Waals surface area (Å²) in [5.74, 6) is -1.36. The number of ether oxygens (including phenoxy) is 12. The highest BCUT2D eigenvalue weighted by atomic mass is 35.5. The first-order valence-electron chi connectivity index (χ1n) is 43.3. The van der Waals surface area contributed by atoms with Gasteiger partial charge < -0.3 is 79.8 Å². The highest BCUT2D eigenvalue weighted by Gasteiger charge is 2.65. The summed E-state index contributed by atoms with van der Waals surface area (Å²) in [6.07, 6.45) is -4.56. The number of anilines is 4. The van der Waals surface area contributed by atoms with Crippen molar-refractivity contribution < 1.29 is 130 Å². The van der Waals surface area contributed by atoms with Crippen molar-refractivity contribution in [2.45, 2.75) is 280 Å². The van der Waals surface area contributed by atoms with Crippen LogP contribution in [0.2, 0.25) is 0 Å². The Morgan fingerprint density at radius 3 is 0.713 bits per heavy atom. The molecule has 0 aromatic carbocycles. The van der Waals surface area contributed by atoms with Gasteiger partial charge in [-0.25, -0.2) is 58.5 Å². The van der Waals surface area contributed by atoms with E-state index in [1.807, 2.05) is 27.7 Å². The standard InChI is InChI=1S/4C19H28ClN6O7P/c4*1-6-29-15-12-14(23-18(21)24-15)26(8-22-12)17-19(5,20)13-11(32-17)7-30-34(28,33-13)25-10(4)16(27)31-9(2)3/h4*8-11,13,17H,6-7H2,1-5H3,(H,25,28)(H2,21,23,24)/t10-,11+,13+,17+,19+,34?;10-,11+,13+,17+,19+,34+;10-,11-,13-,17-,19-,34+;10-,11-,13-,17-,19-,34-/m0011/s1. The number of imidazole rings is 4. The summed E-state index contributed by atoms with van der Waals surface area (Å²) in [5, 5.41) is 10.4. The molecule has 16 rings (SSSR count). The van der Waals surface area contributed by atoms with Crippen molar-refractivity contribution in [2.75, 3.05) is 75.8 Å². The lowest BCUT2D eigenvalue weighted by Gasteiger charge is -2.36. The average molecular weight is 2080 g/mol. The van der Waals surface area contributed by atoms with E-state index < -0.39 is 172 Å². The van der Waals surface area contributed by atoms with Gasteiger partial charge in [0, 0.05) is 0 Å². The van der Waals surface area contributed by atoms with Crippen LogP contribution in [0.3, 0.4) is 0 Å². The zero-order chi connectivity index (χ0) is 99.3. The molecular formula is C76H112Cl4N24O28P4. The molecule has 8 aromatic rings. The summed E-state index contributed by atoms with van der Waals surface area (Å²) in [7, 11) is -15.6. The molecule has 12 N–H and O–H groups in total. The summed E-state index contributed by atoms with van der Waals surface area (Å²) >= 11 is 27.7. The van der Waals surface area contributed by atoms with Gasteiger partial charge in [-0.2, -0.15) is 39.9 Å². The summed E-state index contributed by atoms with van der Waals surface area (Å²) in [5.41, 5.74) is 26.4. The van der Waals surface area contributed by atoms with E-state index in [0.717, 1.165) is 0 Å². The Labute approximate surface area is 799 Å². The molecule has 0 aliphatic carbocycles. The van der Waals surface area contributed by atoms with Crippen molar-refractivity contribution in [1.82, 2.24) is 98.4 Å². The van der Waals surface area contributed by atoms with Gasteiger partial charge in [-0.1, -0.05) is 0 Å².